The van der Waals surface area contributed by atoms with E-state index in [0.717, 1.165) is 18.4 Å². The first-order valence-electron chi connectivity index (χ1n) is 10.8. The van der Waals surface area contributed by atoms with Crippen LogP contribution in [0.5, 0.6) is 5.88 Å². The minimum atomic E-state index is -2.57. The van der Waals surface area contributed by atoms with Crippen LogP contribution < -0.4 is 10.1 Å². The molecule has 3 heterocycles. The molecule has 170 valence electrons. The number of pyridine rings is 2. The second-order valence-electron chi connectivity index (χ2n) is 8.42. The fourth-order valence-electron chi connectivity index (χ4n) is 4.40. The van der Waals surface area contributed by atoms with Crippen molar-refractivity contribution in [2.75, 3.05) is 11.9 Å². The molecule has 7 nitrogen and oxygen atoms in total. The number of alkyl halides is 2. The molecule has 2 aromatic rings. The van der Waals surface area contributed by atoms with E-state index in [1.54, 1.807) is 24.0 Å². The van der Waals surface area contributed by atoms with Crippen molar-refractivity contribution in [1.82, 2.24) is 14.9 Å². The summed E-state index contributed by atoms with van der Waals surface area (Å²) in [5.74, 6) is 0.800. The molecule has 2 aromatic heterocycles. The summed E-state index contributed by atoms with van der Waals surface area (Å²) in [5.41, 5.74) is 2.61. The zero-order valence-corrected chi connectivity index (χ0v) is 17.9. The molecule has 1 N–H and O–H groups in total. The molecule has 32 heavy (non-hydrogen) atoms. The molecule has 9 heteroatoms. The lowest BCUT2D eigenvalue weighted by Gasteiger charge is -2.17. The smallest absolute Gasteiger partial charge is 0.272 e. The normalized spacial score (nSPS) is 16.0. The minimum Gasteiger partial charge on any atom is -0.471 e. The third-order valence-corrected chi connectivity index (χ3v) is 5.94. The van der Waals surface area contributed by atoms with E-state index in [1.807, 2.05) is 0 Å². The molecule has 1 aliphatic heterocycles. The predicted octanol–water partition coefficient (Wildman–Crippen LogP) is 4.10. The molecule has 1 saturated carbocycles. The Hall–Kier alpha value is -3.10. The van der Waals surface area contributed by atoms with Gasteiger partial charge in [-0.25, -0.2) is 18.7 Å². The van der Waals surface area contributed by atoms with Crippen LogP contribution in [0, 0.1) is 12.8 Å². The number of halogens is 2. The molecule has 0 aromatic carbocycles. The zero-order valence-electron chi connectivity index (χ0n) is 17.9. The van der Waals surface area contributed by atoms with Gasteiger partial charge >= 0.3 is 0 Å². The third-order valence-electron chi connectivity index (χ3n) is 5.94. The van der Waals surface area contributed by atoms with Gasteiger partial charge in [-0.3, -0.25) is 9.59 Å². The van der Waals surface area contributed by atoms with E-state index in [4.69, 9.17) is 4.74 Å². The van der Waals surface area contributed by atoms with Crippen molar-refractivity contribution in [3.05, 3.63) is 46.8 Å². The van der Waals surface area contributed by atoms with Crippen LogP contribution in [0.25, 0.3) is 0 Å². The molecule has 4 rings (SSSR count). The number of hydrogen-bond donors (Lipinski definition) is 1. The largest absolute Gasteiger partial charge is 0.471 e. The predicted molar refractivity (Wildman–Crippen MR) is 113 cm³/mol. The summed E-state index contributed by atoms with van der Waals surface area (Å²) in [6.45, 7) is 1.63. The number of aryl methyl sites for hydroxylation is 1. The van der Waals surface area contributed by atoms with Crippen molar-refractivity contribution >= 4 is 17.6 Å². The van der Waals surface area contributed by atoms with Gasteiger partial charge in [-0.05, 0) is 43.4 Å². The van der Waals surface area contributed by atoms with Crippen LogP contribution in [0.3, 0.4) is 0 Å². The van der Waals surface area contributed by atoms with E-state index in [-0.39, 0.29) is 17.7 Å². The summed E-state index contributed by atoms with van der Waals surface area (Å²) in [6, 6.07) is 3.43. The molecular weight excluding hydrogens is 418 g/mol. The number of aromatic nitrogens is 2. The molecule has 0 radical (unpaired) electrons. The first-order valence-corrected chi connectivity index (χ1v) is 10.8. The Balaban J connectivity index is 1.42. The van der Waals surface area contributed by atoms with Crippen molar-refractivity contribution in [2.24, 2.45) is 5.92 Å². The quantitative estimate of drug-likeness (QED) is 0.663. The number of nitrogens with one attached hydrogen (secondary N) is 1. The van der Waals surface area contributed by atoms with E-state index in [9.17, 15) is 18.4 Å². The summed E-state index contributed by atoms with van der Waals surface area (Å²) in [6.07, 6.45) is 5.48. The third kappa shape index (κ3) is 5.03. The van der Waals surface area contributed by atoms with Gasteiger partial charge < -0.3 is 15.0 Å². The fraction of sp³-hybridized carbons (Fsp3) is 0.478. The summed E-state index contributed by atoms with van der Waals surface area (Å²) in [5, 5.41) is 2.89. The monoisotopic (exact) mass is 444 g/mol. The second kappa shape index (κ2) is 9.58. The van der Waals surface area contributed by atoms with Crippen LogP contribution in [-0.4, -0.2) is 39.7 Å². The molecule has 0 spiro atoms. The Morgan fingerprint density at radius 1 is 1.31 bits per heavy atom. The Labute approximate surface area is 185 Å². The van der Waals surface area contributed by atoms with Gasteiger partial charge in [0.05, 0.1) is 6.54 Å². The molecule has 1 aliphatic carbocycles. The highest BCUT2D eigenvalue weighted by Crippen LogP contribution is 2.31. The van der Waals surface area contributed by atoms with Crippen LogP contribution in [0.15, 0.2) is 24.5 Å². The number of amides is 2. The van der Waals surface area contributed by atoms with Crippen LogP contribution in [0.1, 0.15) is 59.2 Å². The first-order chi connectivity index (χ1) is 15.4. The van der Waals surface area contributed by atoms with Crippen LogP contribution >= 0.6 is 0 Å². The maximum atomic E-state index is 12.9. The molecule has 2 amide bonds. The van der Waals surface area contributed by atoms with E-state index < -0.39 is 13.0 Å². The number of rotatable bonds is 8. The molecular formula is C23H26F2N4O3. The van der Waals surface area contributed by atoms with E-state index in [1.165, 1.54) is 25.2 Å². The van der Waals surface area contributed by atoms with Crippen molar-refractivity contribution in [3.8, 4) is 5.88 Å². The molecule has 0 atom stereocenters. The average molecular weight is 444 g/mol. The number of carbonyl (C=O) groups is 2. The molecule has 0 unspecified atom stereocenters. The van der Waals surface area contributed by atoms with Gasteiger partial charge in [0.2, 0.25) is 11.8 Å². The first kappa shape index (κ1) is 22.1. The lowest BCUT2D eigenvalue weighted by molar-refractivity contribution is -0.117. The van der Waals surface area contributed by atoms with Crippen molar-refractivity contribution in [2.45, 2.75) is 58.5 Å². The van der Waals surface area contributed by atoms with E-state index in [0.29, 0.717) is 47.9 Å². The Morgan fingerprint density at radius 3 is 2.81 bits per heavy atom. The van der Waals surface area contributed by atoms with Gasteiger partial charge in [-0.15, -0.1) is 0 Å². The van der Waals surface area contributed by atoms with Crippen molar-refractivity contribution < 1.29 is 23.1 Å². The van der Waals surface area contributed by atoms with E-state index in [2.05, 4.69) is 15.3 Å². The van der Waals surface area contributed by atoms with Crippen LogP contribution in [-0.2, 0) is 17.9 Å². The highest BCUT2D eigenvalue weighted by Gasteiger charge is 2.31. The van der Waals surface area contributed by atoms with Gasteiger partial charge in [0.25, 0.3) is 12.3 Å². The second-order valence-corrected chi connectivity index (χ2v) is 8.42. The van der Waals surface area contributed by atoms with E-state index >= 15 is 0 Å². The Bertz CT molecular complexity index is 1010. The van der Waals surface area contributed by atoms with Gasteiger partial charge in [0.15, 0.2) is 6.61 Å². The summed E-state index contributed by atoms with van der Waals surface area (Å²) in [7, 11) is 0. The highest BCUT2D eigenvalue weighted by molar-refractivity contribution is 6.01. The number of carbonyl (C=O) groups excluding carboxylic acids is 2. The minimum absolute atomic E-state index is 0.0667. The molecule has 2 aliphatic rings. The lowest BCUT2D eigenvalue weighted by atomic mass is 10.0. The van der Waals surface area contributed by atoms with Crippen molar-refractivity contribution in [1.29, 1.82) is 0 Å². The maximum Gasteiger partial charge on any atom is 0.272 e. The van der Waals surface area contributed by atoms with Crippen molar-refractivity contribution in [3.63, 3.8) is 0 Å². The SMILES string of the molecule is Cc1cc(CN2Cc3c(ccnc3NC(=O)CC3CCCC3)C2=O)cnc1OCC(F)F. The van der Waals surface area contributed by atoms with Gasteiger partial charge in [-0.1, -0.05) is 12.8 Å². The number of ether oxygens (including phenoxy) is 1. The molecule has 1 fully saturated rings. The van der Waals surface area contributed by atoms with Crippen LogP contribution in [0.4, 0.5) is 14.6 Å². The topological polar surface area (TPSA) is 84.4 Å². The number of nitrogens with zero attached hydrogens (tertiary/aromatic N) is 3. The summed E-state index contributed by atoms with van der Waals surface area (Å²) < 4.78 is 29.7. The Morgan fingerprint density at radius 2 is 2.09 bits per heavy atom. The van der Waals surface area contributed by atoms with Gasteiger partial charge in [-0.2, -0.15) is 0 Å². The maximum absolute atomic E-state index is 12.9. The number of hydrogen-bond acceptors (Lipinski definition) is 5. The summed E-state index contributed by atoms with van der Waals surface area (Å²) in [4.78, 5) is 35.4. The van der Waals surface area contributed by atoms with Gasteiger partial charge in [0.1, 0.15) is 5.82 Å². The standard InChI is InChI=1S/C23H26F2N4O3/c1-14-8-16(10-27-22(14)32-13-19(24)25)11-29-12-18-17(23(29)31)6-7-26-21(18)28-20(30)9-15-4-2-3-5-15/h6-8,10,15,19H,2-5,9,11-13H2,1H3,(H,26,28,30). The number of anilines is 1. The molecule has 0 bridgehead atoms. The fourth-order valence-corrected chi connectivity index (χ4v) is 4.40. The summed E-state index contributed by atoms with van der Waals surface area (Å²) >= 11 is 0. The van der Waals surface area contributed by atoms with Crippen LogP contribution in [0.2, 0.25) is 0 Å². The molecule has 0 saturated heterocycles. The lowest BCUT2D eigenvalue weighted by Crippen LogP contribution is -2.23. The Kier molecular flexibility index (Phi) is 6.62. The highest BCUT2D eigenvalue weighted by atomic mass is 19.3. The zero-order chi connectivity index (χ0) is 22.7. The average Bonchev–Trinajstić information content (AvgIpc) is 3.36. The number of fused-ring (bicyclic) bond motifs is 1. The van der Waals surface area contributed by atoms with Gasteiger partial charge in [0, 0.05) is 42.0 Å².